The van der Waals surface area contributed by atoms with Crippen molar-refractivity contribution in [3.8, 4) is 0 Å². The first-order valence-electron chi connectivity index (χ1n) is 3.67. The van der Waals surface area contributed by atoms with Gasteiger partial charge in [0.25, 0.3) is 0 Å². The summed E-state index contributed by atoms with van der Waals surface area (Å²) >= 11 is 0. The predicted molar refractivity (Wildman–Crippen MR) is 44.2 cm³/mol. The van der Waals surface area contributed by atoms with Gasteiger partial charge in [0.1, 0.15) is 9.85 Å². The zero-order chi connectivity index (χ0) is 10.1. The van der Waals surface area contributed by atoms with Gasteiger partial charge in [-0.15, -0.1) is 0 Å². The first-order valence-corrected chi connectivity index (χ1v) is 3.67. The molecule has 0 amide bonds. The average Bonchev–Trinajstić information content (AvgIpc) is 2.04. The first-order chi connectivity index (χ1) is 5.99. The van der Waals surface area contributed by atoms with Crippen LogP contribution < -0.4 is 0 Å². The summed E-state index contributed by atoms with van der Waals surface area (Å²) in [5.74, 6) is 0.00743. The minimum atomic E-state index is -2.26. The number of rotatable bonds is 2. The van der Waals surface area contributed by atoms with Crippen LogP contribution in [-0.4, -0.2) is 15.5 Å². The van der Waals surface area contributed by atoms with Crippen molar-refractivity contribution in [3.05, 3.63) is 44.5 Å². The van der Waals surface area contributed by atoms with E-state index in [9.17, 15) is 20.2 Å². The van der Waals surface area contributed by atoms with Crippen LogP contribution in [0.1, 0.15) is 6.92 Å². The van der Waals surface area contributed by atoms with Crippen LogP contribution in [0.25, 0.3) is 0 Å². The summed E-state index contributed by atoms with van der Waals surface area (Å²) in [6.07, 6.45) is 4.92. The molecule has 0 aromatic carbocycles. The quantitative estimate of drug-likeness (QED) is 0.277. The average molecular weight is 184 g/mol. The Hall–Kier alpha value is -1.72. The van der Waals surface area contributed by atoms with Gasteiger partial charge in [-0.25, -0.2) is 0 Å². The Labute approximate surface area is 73.8 Å². The van der Waals surface area contributed by atoms with E-state index in [1.165, 1.54) is 12.2 Å². The van der Waals surface area contributed by atoms with Crippen molar-refractivity contribution in [1.82, 2.24) is 0 Å². The number of hydrogen-bond donors (Lipinski definition) is 0. The smallest absolute Gasteiger partial charge is 0.258 e. The van der Waals surface area contributed by atoms with E-state index >= 15 is 0 Å². The van der Waals surface area contributed by atoms with Crippen LogP contribution in [0.3, 0.4) is 0 Å². The van der Waals surface area contributed by atoms with Gasteiger partial charge in [-0.05, 0) is 5.92 Å². The summed E-state index contributed by atoms with van der Waals surface area (Å²) in [5.41, 5.74) is -2.26. The van der Waals surface area contributed by atoms with Gasteiger partial charge in [0.05, 0.1) is 12.2 Å². The second kappa shape index (κ2) is 2.96. The molecule has 0 saturated carbocycles. The molecule has 0 aliphatic heterocycles. The molecule has 13 heavy (non-hydrogen) atoms. The Bertz CT molecular complexity index is 278. The standard InChI is InChI=1S/C7H8N2O4/c1-6-2-4-7(5-3-6,8(10)11)9(12)13/h2-6H,1H3. The Morgan fingerprint density at radius 1 is 1.15 bits per heavy atom. The molecule has 0 bridgehead atoms. The Morgan fingerprint density at radius 3 is 1.85 bits per heavy atom. The lowest BCUT2D eigenvalue weighted by Gasteiger charge is -2.13. The highest BCUT2D eigenvalue weighted by atomic mass is 16.7. The number of allylic oxidation sites excluding steroid dienone is 2. The molecule has 0 aromatic heterocycles. The summed E-state index contributed by atoms with van der Waals surface area (Å²) in [6.45, 7) is 1.79. The first kappa shape index (κ1) is 9.37. The normalized spacial score (nSPS) is 20.1. The Morgan fingerprint density at radius 2 is 1.54 bits per heavy atom. The van der Waals surface area contributed by atoms with E-state index in [2.05, 4.69) is 0 Å². The van der Waals surface area contributed by atoms with Crippen LogP contribution in [0.2, 0.25) is 0 Å². The highest BCUT2D eigenvalue weighted by molar-refractivity contribution is 5.17. The van der Waals surface area contributed by atoms with Crippen molar-refractivity contribution in [3.63, 3.8) is 0 Å². The van der Waals surface area contributed by atoms with Crippen molar-refractivity contribution in [1.29, 1.82) is 0 Å². The molecule has 0 fully saturated rings. The van der Waals surface area contributed by atoms with Gasteiger partial charge in [-0.1, -0.05) is 19.1 Å². The van der Waals surface area contributed by atoms with Crippen LogP contribution in [0.15, 0.2) is 24.3 Å². The largest absolute Gasteiger partial charge is 0.497 e. The van der Waals surface area contributed by atoms with Crippen molar-refractivity contribution in [2.45, 2.75) is 12.6 Å². The molecule has 70 valence electrons. The summed E-state index contributed by atoms with van der Waals surface area (Å²) < 4.78 is 0. The van der Waals surface area contributed by atoms with Crippen LogP contribution in [0.4, 0.5) is 0 Å². The Kier molecular flexibility index (Phi) is 2.14. The second-order valence-corrected chi connectivity index (χ2v) is 2.87. The van der Waals surface area contributed by atoms with Gasteiger partial charge < -0.3 is 0 Å². The van der Waals surface area contributed by atoms with Crippen molar-refractivity contribution in [2.75, 3.05) is 0 Å². The Balaban J connectivity index is 3.09. The third-order valence-electron chi connectivity index (χ3n) is 1.88. The molecule has 0 unspecified atom stereocenters. The summed E-state index contributed by atoms with van der Waals surface area (Å²) in [5, 5.41) is 21.0. The molecule has 1 rings (SSSR count). The molecule has 0 heterocycles. The van der Waals surface area contributed by atoms with Gasteiger partial charge in [0, 0.05) is 0 Å². The van der Waals surface area contributed by atoms with E-state index in [1.807, 2.05) is 0 Å². The second-order valence-electron chi connectivity index (χ2n) is 2.87. The maximum absolute atomic E-state index is 10.5. The predicted octanol–water partition coefficient (Wildman–Crippen LogP) is 0.998. The molecule has 0 radical (unpaired) electrons. The maximum Gasteiger partial charge on any atom is 0.497 e. The van der Waals surface area contributed by atoms with Crippen molar-refractivity contribution < 1.29 is 9.85 Å². The fourth-order valence-corrected chi connectivity index (χ4v) is 1.02. The van der Waals surface area contributed by atoms with Gasteiger partial charge in [0.15, 0.2) is 0 Å². The van der Waals surface area contributed by atoms with Crippen molar-refractivity contribution in [2.24, 2.45) is 5.92 Å². The summed E-state index contributed by atoms with van der Waals surface area (Å²) in [4.78, 5) is 19.2. The van der Waals surface area contributed by atoms with Crippen LogP contribution in [-0.2, 0) is 0 Å². The summed E-state index contributed by atoms with van der Waals surface area (Å²) in [6, 6.07) is 0. The van der Waals surface area contributed by atoms with E-state index in [4.69, 9.17) is 0 Å². The van der Waals surface area contributed by atoms with Crippen LogP contribution in [0.5, 0.6) is 0 Å². The molecular weight excluding hydrogens is 176 g/mol. The van der Waals surface area contributed by atoms with Gasteiger partial charge >= 0.3 is 5.66 Å². The molecule has 0 atom stereocenters. The highest BCUT2D eigenvalue weighted by Gasteiger charge is 2.51. The molecule has 6 nitrogen and oxygen atoms in total. The van der Waals surface area contributed by atoms with Gasteiger partial charge in [-0.3, -0.25) is 20.2 Å². The molecule has 0 spiro atoms. The fourth-order valence-electron chi connectivity index (χ4n) is 1.02. The topological polar surface area (TPSA) is 86.3 Å². The number of nitrogens with zero attached hydrogens (tertiary/aromatic N) is 2. The van der Waals surface area contributed by atoms with Crippen molar-refractivity contribution >= 4 is 0 Å². The highest BCUT2D eigenvalue weighted by Crippen LogP contribution is 2.22. The zero-order valence-corrected chi connectivity index (χ0v) is 6.91. The lowest BCUT2D eigenvalue weighted by atomic mass is 9.99. The maximum atomic E-state index is 10.5. The van der Waals surface area contributed by atoms with Gasteiger partial charge in [0.2, 0.25) is 0 Å². The van der Waals surface area contributed by atoms with E-state index in [1.54, 1.807) is 6.92 Å². The van der Waals surface area contributed by atoms with E-state index < -0.39 is 15.5 Å². The SMILES string of the molecule is CC1C=CC([N+](=O)[O-])([N+](=O)[O-])C=C1. The zero-order valence-electron chi connectivity index (χ0n) is 6.91. The van der Waals surface area contributed by atoms with E-state index in [0.717, 1.165) is 12.2 Å². The van der Waals surface area contributed by atoms with Gasteiger partial charge in [-0.2, -0.15) is 0 Å². The van der Waals surface area contributed by atoms with Crippen LogP contribution >= 0.6 is 0 Å². The summed E-state index contributed by atoms with van der Waals surface area (Å²) in [7, 11) is 0. The molecule has 0 N–H and O–H groups in total. The van der Waals surface area contributed by atoms with E-state index in [-0.39, 0.29) is 5.92 Å². The lowest BCUT2D eigenvalue weighted by molar-refractivity contribution is -0.765. The fraction of sp³-hybridized carbons (Fsp3) is 0.429. The third-order valence-corrected chi connectivity index (χ3v) is 1.88. The molecule has 0 aromatic rings. The minimum Gasteiger partial charge on any atom is -0.258 e. The van der Waals surface area contributed by atoms with E-state index in [0.29, 0.717) is 0 Å². The number of nitro groups is 2. The molecule has 0 saturated heterocycles. The molecule has 1 aliphatic carbocycles. The number of hydrogen-bond acceptors (Lipinski definition) is 4. The third kappa shape index (κ3) is 1.42. The molecular formula is C7H8N2O4. The minimum absolute atomic E-state index is 0.00743. The molecule has 1 aliphatic rings. The monoisotopic (exact) mass is 184 g/mol. The van der Waals surface area contributed by atoms with Crippen LogP contribution in [0, 0.1) is 26.1 Å². The molecule has 6 heteroatoms. The lowest BCUT2D eigenvalue weighted by Crippen LogP contribution is -2.43.